The number of nitrogens with one attached hydrogen (secondary N) is 2. The van der Waals surface area contributed by atoms with Crippen molar-refractivity contribution in [1.82, 2.24) is 14.9 Å². The SMILES string of the molecule is C=CC(=O)Nc1ccc(Sc2nc(Nc3ccc(OCCCN(CC)CC)cc3)ncc2C)cc1. The fourth-order valence-corrected chi connectivity index (χ4v) is 4.12. The van der Waals surface area contributed by atoms with Crippen molar-refractivity contribution in [2.45, 2.75) is 37.1 Å². The highest BCUT2D eigenvalue weighted by molar-refractivity contribution is 7.99. The smallest absolute Gasteiger partial charge is 0.247 e. The van der Waals surface area contributed by atoms with Crippen molar-refractivity contribution in [2.75, 3.05) is 36.9 Å². The summed E-state index contributed by atoms with van der Waals surface area (Å²) < 4.78 is 5.87. The lowest BCUT2D eigenvalue weighted by molar-refractivity contribution is -0.111. The molecular formula is C27H33N5O2S. The van der Waals surface area contributed by atoms with Crippen LogP contribution in [0.15, 0.2) is 77.3 Å². The molecule has 0 unspecified atom stereocenters. The molecule has 3 aromatic rings. The summed E-state index contributed by atoms with van der Waals surface area (Å²) in [6, 6.07) is 15.4. The third kappa shape index (κ3) is 8.42. The minimum Gasteiger partial charge on any atom is -0.494 e. The molecule has 1 heterocycles. The van der Waals surface area contributed by atoms with E-state index in [9.17, 15) is 4.79 Å². The van der Waals surface area contributed by atoms with E-state index in [0.717, 1.165) is 58.7 Å². The standard InChI is InChI=1S/C27H33N5O2S/c1-5-25(33)29-21-11-15-24(16-12-21)35-26-20(4)19-28-27(31-26)30-22-9-13-23(14-10-22)34-18-8-17-32(6-2)7-3/h5,9-16,19H,1,6-8,17-18H2,2-4H3,(H,29,33)(H,28,30,31). The van der Waals surface area contributed by atoms with Crippen molar-refractivity contribution in [3.63, 3.8) is 0 Å². The summed E-state index contributed by atoms with van der Waals surface area (Å²) in [4.78, 5) is 24.0. The molecule has 8 heteroatoms. The van der Waals surface area contributed by atoms with Crippen molar-refractivity contribution in [3.05, 3.63) is 72.9 Å². The first kappa shape index (κ1) is 26.2. The Labute approximate surface area is 212 Å². The number of carbonyl (C=O) groups is 1. The summed E-state index contributed by atoms with van der Waals surface area (Å²) in [5.74, 6) is 1.15. The van der Waals surface area contributed by atoms with E-state index in [-0.39, 0.29) is 5.91 Å². The maximum Gasteiger partial charge on any atom is 0.247 e. The van der Waals surface area contributed by atoms with Crippen molar-refractivity contribution >= 4 is 35.0 Å². The summed E-state index contributed by atoms with van der Waals surface area (Å²) in [7, 11) is 0. The number of hydrogen-bond acceptors (Lipinski definition) is 7. The van der Waals surface area contributed by atoms with Crippen LogP contribution >= 0.6 is 11.8 Å². The highest BCUT2D eigenvalue weighted by atomic mass is 32.2. The van der Waals surface area contributed by atoms with Gasteiger partial charge in [0.1, 0.15) is 10.8 Å². The normalized spacial score (nSPS) is 10.7. The molecule has 2 N–H and O–H groups in total. The number of ether oxygens (including phenoxy) is 1. The molecule has 0 atom stereocenters. The van der Waals surface area contributed by atoms with Crippen LogP contribution in [0, 0.1) is 6.92 Å². The zero-order valence-corrected chi connectivity index (χ0v) is 21.4. The number of aromatic nitrogens is 2. The van der Waals surface area contributed by atoms with E-state index in [4.69, 9.17) is 4.74 Å². The van der Waals surface area contributed by atoms with Gasteiger partial charge in [0.05, 0.1) is 6.61 Å². The minimum absolute atomic E-state index is 0.234. The van der Waals surface area contributed by atoms with Crippen molar-refractivity contribution in [2.24, 2.45) is 0 Å². The van der Waals surface area contributed by atoms with Gasteiger partial charge >= 0.3 is 0 Å². The average Bonchev–Trinajstić information content (AvgIpc) is 2.88. The number of aryl methyl sites for hydroxylation is 1. The molecule has 1 aromatic heterocycles. The maximum atomic E-state index is 11.4. The van der Waals surface area contributed by atoms with Gasteiger partial charge in [0.2, 0.25) is 11.9 Å². The first-order valence-electron chi connectivity index (χ1n) is 11.8. The van der Waals surface area contributed by atoms with Gasteiger partial charge in [-0.1, -0.05) is 32.2 Å². The molecule has 0 saturated heterocycles. The Morgan fingerprint density at radius 1 is 1.09 bits per heavy atom. The third-order valence-electron chi connectivity index (χ3n) is 5.34. The number of anilines is 3. The molecule has 0 fully saturated rings. The maximum absolute atomic E-state index is 11.4. The van der Waals surface area contributed by atoms with Crippen LogP contribution in [0.4, 0.5) is 17.3 Å². The quantitative estimate of drug-likeness (QED) is 0.175. The summed E-state index contributed by atoms with van der Waals surface area (Å²) in [5, 5.41) is 6.87. The Morgan fingerprint density at radius 2 is 1.77 bits per heavy atom. The molecule has 0 aliphatic carbocycles. The van der Waals surface area contributed by atoms with Gasteiger partial charge < -0.3 is 20.3 Å². The van der Waals surface area contributed by atoms with E-state index in [2.05, 4.69) is 45.9 Å². The lowest BCUT2D eigenvalue weighted by Gasteiger charge is -2.17. The van der Waals surface area contributed by atoms with Crippen LogP contribution in [-0.4, -0.2) is 47.0 Å². The van der Waals surface area contributed by atoms with Gasteiger partial charge in [-0.15, -0.1) is 0 Å². The second-order valence-corrected chi connectivity index (χ2v) is 8.94. The molecule has 35 heavy (non-hydrogen) atoms. The molecule has 0 bridgehead atoms. The Kier molecular flexibility index (Phi) is 10.1. The second kappa shape index (κ2) is 13.5. The summed E-state index contributed by atoms with van der Waals surface area (Å²) in [6.45, 7) is 13.7. The van der Waals surface area contributed by atoms with E-state index in [1.165, 1.54) is 6.08 Å². The molecule has 3 rings (SSSR count). The van der Waals surface area contributed by atoms with Crippen LogP contribution < -0.4 is 15.4 Å². The lowest BCUT2D eigenvalue weighted by Crippen LogP contribution is -2.25. The van der Waals surface area contributed by atoms with E-state index in [1.807, 2.05) is 61.7 Å². The molecule has 0 saturated carbocycles. The molecule has 0 radical (unpaired) electrons. The van der Waals surface area contributed by atoms with Gasteiger partial charge in [-0.25, -0.2) is 9.97 Å². The van der Waals surface area contributed by atoms with Gasteiger partial charge in [0.15, 0.2) is 0 Å². The fourth-order valence-electron chi connectivity index (χ4n) is 3.28. The summed E-state index contributed by atoms with van der Waals surface area (Å²) in [5.41, 5.74) is 2.60. The summed E-state index contributed by atoms with van der Waals surface area (Å²) >= 11 is 1.54. The van der Waals surface area contributed by atoms with E-state index < -0.39 is 0 Å². The molecule has 2 aromatic carbocycles. The van der Waals surface area contributed by atoms with Crippen LogP contribution in [-0.2, 0) is 4.79 Å². The topological polar surface area (TPSA) is 79.4 Å². The second-order valence-electron chi connectivity index (χ2n) is 7.88. The Bertz CT molecular complexity index is 1100. The molecular weight excluding hydrogens is 458 g/mol. The van der Waals surface area contributed by atoms with Crippen molar-refractivity contribution in [3.8, 4) is 5.75 Å². The Morgan fingerprint density at radius 3 is 2.43 bits per heavy atom. The number of nitrogens with zero attached hydrogens (tertiary/aromatic N) is 3. The average molecular weight is 492 g/mol. The Hall–Kier alpha value is -3.36. The van der Waals surface area contributed by atoms with Crippen LogP contribution in [0.5, 0.6) is 5.75 Å². The number of carbonyl (C=O) groups excluding carboxylic acids is 1. The predicted octanol–water partition coefficient (Wildman–Crippen LogP) is 5.92. The van der Waals surface area contributed by atoms with E-state index >= 15 is 0 Å². The van der Waals surface area contributed by atoms with Crippen LogP contribution in [0.3, 0.4) is 0 Å². The van der Waals surface area contributed by atoms with Crippen molar-refractivity contribution in [1.29, 1.82) is 0 Å². The zero-order valence-electron chi connectivity index (χ0n) is 20.6. The monoisotopic (exact) mass is 491 g/mol. The highest BCUT2D eigenvalue weighted by Gasteiger charge is 2.08. The van der Waals surface area contributed by atoms with Gasteiger partial charge in [-0.05, 0) is 81.0 Å². The molecule has 0 aliphatic heterocycles. The number of benzene rings is 2. The molecule has 7 nitrogen and oxygen atoms in total. The number of hydrogen-bond donors (Lipinski definition) is 2. The minimum atomic E-state index is -0.234. The highest BCUT2D eigenvalue weighted by Crippen LogP contribution is 2.30. The van der Waals surface area contributed by atoms with Gasteiger partial charge in [0, 0.05) is 34.6 Å². The van der Waals surface area contributed by atoms with E-state index in [0.29, 0.717) is 12.6 Å². The summed E-state index contributed by atoms with van der Waals surface area (Å²) in [6.07, 6.45) is 4.06. The Balaban J connectivity index is 1.55. The zero-order chi connectivity index (χ0) is 25.0. The molecule has 0 spiro atoms. The molecule has 184 valence electrons. The number of amides is 1. The first-order valence-corrected chi connectivity index (χ1v) is 12.6. The lowest BCUT2D eigenvalue weighted by atomic mass is 10.3. The predicted molar refractivity (Wildman–Crippen MR) is 144 cm³/mol. The third-order valence-corrected chi connectivity index (χ3v) is 6.45. The van der Waals surface area contributed by atoms with Gasteiger partial charge in [-0.3, -0.25) is 4.79 Å². The fraction of sp³-hybridized carbons (Fsp3) is 0.296. The van der Waals surface area contributed by atoms with Gasteiger partial charge in [-0.2, -0.15) is 0 Å². The molecule has 1 amide bonds. The van der Waals surface area contributed by atoms with Crippen molar-refractivity contribution < 1.29 is 9.53 Å². The van der Waals surface area contributed by atoms with E-state index in [1.54, 1.807) is 11.8 Å². The van der Waals surface area contributed by atoms with Gasteiger partial charge in [0.25, 0.3) is 0 Å². The molecule has 0 aliphatic rings. The largest absolute Gasteiger partial charge is 0.494 e. The van der Waals surface area contributed by atoms with Crippen LogP contribution in [0.1, 0.15) is 25.8 Å². The number of rotatable bonds is 13. The van der Waals surface area contributed by atoms with Crippen LogP contribution in [0.2, 0.25) is 0 Å². The first-order chi connectivity index (χ1) is 17.0. The van der Waals surface area contributed by atoms with Crippen LogP contribution in [0.25, 0.3) is 0 Å².